The fraction of sp³-hybridized carbons (Fsp3) is 0.700. The van der Waals surface area contributed by atoms with Gasteiger partial charge in [-0.05, 0) is 38.7 Å². The van der Waals surface area contributed by atoms with Crippen LogP contribution in [0.1, 0.15) is 37.1 Å². The Morgan fingerprint density at radius 1 is 1.38 bits per heavy atom. The van der Waals surface area contributed by atoms with Crippen LogP contribution in [0.15, 0.2) is 6.07 Å². The highest BCUT2D eigenvalue weighted by atomic mass is 15.1. The predicted molar refractivity (Wildman–Crippen MR) is 50.4 cm³/mol. The molecule has 0 aromatic carbocycles. The fourth-order valence-electron chi connectivity index (χ4n) is 2.41. The van der Waals surface area contributed by atoms with Gasteiger partial charge in [-0.25, -0.2) is 0 Å². The maximum Gasteiger partial charge on any atom is 0.0704 e. The van der Waals surface area contributed by atoms with Crippen LogP contribution in [0.2, 0.25) is 0 Å². The lowest BCUT2D eigenvalue weighted by molar-refractivity contribution is 0.490. The van der Waals surface area contributed by atoms with Gasteiger partial charge in [0.2, 0.25) is 0 Å². The Bertz CT molecular complexity index is 345. The minimum Gasteiger partial charge on any atom is -0.324 e. The lowest BCUT2D eigenvalue weighted by Crippen LogP contribution is -2.37. The van der Waals surface area contributed by atoms with Crippen molar-refractivity contribution < 1.29 is 0 Å². The van der Waals surface area contributed by atoms with Gasteiger partial charge in [0.25, 0.3) is 0 Å². The second-order valence-corrected chi connectivity index (χ2v) is 4.67. The first-order valence-electron chi connectivity index (χ1n) is 4.98. The van der Waals surface area contributed by atoms with Crippen molar-refractivity contribution in [2.75, 3.05) is 0 Å². The largest absolute Gasteiger partial charge is 0.324 e. The second kappa shape index (κ2) is 1.98. The molecule has 0 atom stereocenters. The molecule has 2 aliphatic carbocycles. The summed E-state index contributed by atoms with van der Waals surface area (Å²) in [5.74, 6) is 0. The van der Waals surface area contributed by atoms with Crippen molar-refractivity contribution in [2.24, 2.45) is 5.73 Å². The summed E-state index contributed by atoms with van der Waals surface area (Å²) in [6.07, 6.45) is 4.82. The zero-order chi connectivity index (χ0) is 9.10. The topological polar surface area (TPSA) is 54.7 Å². The smallest absolute Gasteiger partial charge is 0.0704 e. The van der Waals surface area contributed by atoms with E-state index in [0.717, 1.165) is 5.69 Å². The third-order valence-corrected chi connectivity index (χ3v) is 3.69. The Kier molecular flexibility index (Phi) is 1.15. The molecular formula is C10H15N3. The first-order valence-corrected chi connectivity index (χ1v) is 4.98. The molecule has 13 heavy (non-hydrogen) atoms. The molecule has 3 nitrogen and oxygen atoms in total. The van der Waals surface area contributed by atoms with Crippen LogP contribution in [0.4, 0.5) is 0 Å². The lowest BCUT2D eigenvalue weighted by Gasteiger charge is -2.19. The third-order valence-electron chi connectivity index (χ3n) is 3.69. The Morgan fingerprint density at radius 3 is 2.46 bits per heavy atom. The Balaban J connectivity index is 2.00. The standard InChI is InChI=1S/C10H15N3/c1-7-6-8(13-12-7)9(2-3-9)10(11)4-5-10/h6H,2-5,11H2,1H3,(H,12,13). The number of nitrogens with one attached hydrogen (secondary N) is 1. The fourth-order valence-corrected chi connectivity index (χ4v) is 2.41. The predicted octanol–water partition coefficient (Wildman–Crippen LogP) is 1.24. The quantitative estimate of drug-likeness (QED) is 0.714. The molecular weight excluding hydrogens is 162 g/mol. The average molecular weight is 177 g/mol. The van der Waals surface area contributed by atoms with Crippen molar-refractivity contribution in [1.82, 2.24) is 10.2 Å². The van der Waals surface area contributed by atoms with E-state index in [1.807, 2.05) is 6.92 Å². The van der Waals surface area contributed by atoms with Gasteiger partial charge in [0.05, 0.1) is 5.69 Å². The van der Waals surface area contributed by atoms with E-state index in [2.05, 4.69) is 16.3 Å². The highest BCUT2D eigenvalue weighted by Gasteiger charge is 2.65. The van der Waals surface area contributed by atoms with Gasteiger partial charge in [-0.3, -0.25) is 5.10 Å². The van der Waals surface area contributed by atoms with Crippen molar-refractivity contribution in [2.45, 2.75) is 43.6 Å². The third kappa shape index (κ3) is 0.854. The number of hydrogen-bond donors (Lipinski definition) is 2. The van der Waals surface area contributed by atoms with Gasteiger partial charge >= 0.3 is 0 Å². The van der Waals surface area contributed by atoms with E-state index >= 15 is 0 Å². The molecule has 70 valence electrons. The zero-order valence-electron chi connectivity index (χ0n) is 7.93. The molecule has 0 amide bonds. The van der Waals surface area contributed by atoms with Gasteiger partial charge in [-0.1, -0.05) is 0 Å². The summed E-state index contributed by atoms with van der Waals surface area (Å²) >= 11 is 0. The molecule has 3 heteroatoms. The first kappa shape index (κ1) is 7.56. The molecule has 0 bridgehead atoms. The summed E-state index contributed by atoms with van der Waals surface area (Å²) < 4.78 is 0. The molecule has 3 N–H and O–H groups in total. The minimum absolute atomic E-state index is 0.0919. The van der Waals surface area contributed by atoms with Gasteiger partial charge in [0.15, 0.2) is 0 Å². The van der Waals surface area contributed by atoms with Gasteiger partial charge in [0.1, 0.15) is 0 Å². The number of rotatable bonds is 2. The molecule has 1 aromatic heterocycles. The maximum absolute atomic E-state index is 6.27. The highest BCUT2D eigenvalue weighted by molar-refractivity contribution is 5.36. The van der Waals surface area contributed by atoms with Crippen LogP contribution in [0.3, 0.4) is 0 Å². The summed E-state index contributed by atoms with van der Waals surface area (Å²) in [5, 5.41) is 7.36. The lowest BCUT2D eigenvalue weighted by atomic mass is 9.90. The summed E-state index contributed by atoms with van der Waals surface area (Å²) in [7, 11) is 0. The summed E-state index contributed by atoms with van der Waals surface area (Å²) in [5.41, 5.74) is 8.96. The van der Waals surface area contributed by atoms with E-state index in [4.69, 9.17) is 5.73 Å². The Labute approximate surface area is 77.7 Å². The number of H-pyrrole nitrogens is 1. The van der Waals surface area contributed by atoms with Crippen LogP contribution in [0.5, 0.6) is 0 Å². The minimum atomic E-state index is 0.0919. The number of nitrogens with zero attached hydrogens (tertiary/aromatic N) is 1. The number of aromatic nitrogens is 2. The molecule has 0 radical (unpaired) electrons. The van der Waals surface area contributed by atoms with E-state index in [0.29, 0.717) is 0 Å². The molecule has 1 aromatic rings. The number of nitrogens with two attached hydrogens (primary N) is 1. The van der Waals surface area contributed by atoms with E-state index in [1.54, 1.807) is 0 Å². The van der Waals surface area contributed by atoms with Gasteiger partial charge < -0.3 is 5.73 Å². The van der Waals surface area contributed by atoms with Crippen LogP contribution in [0, 0.1) is 6.92 Å². The SMILES string of the molecule is Cc1cc(C2(C3(N)CC3)CC2)n[nH]1. The Morgan fingerprint density at radius 2 is 2.08 bits per heavy atom. The van der Waals surface area contributed by atoms with E-state index in [9.17, 15) is 0 Å². The molecule has 0 unspecified atom stereocenters. The van der Waals surface area contributed by atoms with Crippen molar-refractivity contribution in [3.8, 4) is 0 Å². The molecule has 2 saturated carbocycles. The number of hydrogen-bond acceptors (Lipinski definition) is 2. The first-order chi connectivity index (χ1) is 6.16. The van der Waals surface area contributed by atoms with Crippen LogP contribution < -0.4 is 5.73 Å². The van der Waals surface area contributed by atoms with E-state index in [1.165, 1.54) is 31.4 Å². The molecule has 3 rings (SSSR count). The molecule has 1 heterocycles. The summed E-state index contributed by atoms with van der Waals surface area (Å²) in [6, 6.07) is 2.15. The zero-order valence-corrected chi connectivity index (χ0v) is 7.93. The van der Waals surface area contributed by atoms with Gasteiger partial charge in [0, 0.05) is 16.6 Å². The van der Waals surface area contributed by atoms with E-state index < -0.39 is 0 Å². The normalized spacial score (nSPS) is 27.2. The van der Waals surface area contributed by atoms with E-state index in [-0.39, 0.29) is 11.0 Å². The van der Waals surface area contributed by atoms with Crippen LogP contribution >= 0.6 is 0 Å². The monoisotopic (exact) mass is 177 g/mol. The molecule has 0 aliphatic heterocycles. The van der Waals surface area contributed by atoms with Crippen molar-refractivity contribution in [3.63, 3.8) is 0 Å². The average Bonchev–Trinajstić information content (AvgIpc) is 2.97. The maximum atomic E-state index is 6.27. The molecule has 2 fully saturated rings. The molecule has 0 saturated heterocycles. The van der Waals surface area contributed by atoms with Gasteiger partial charge in [-0.15, -0.1) is 0 Å². The van der Waals surface area contributed by atoms with Gasteiger partial charge in [-0.2, -0.15) is 5.10 Å². The molecule has 2 aliphatic rings. The van der Waals surface area contributed by atoms with Crippen molar-refractivity contribution >= 4 is 0 Å². The van der Waals surface area contributed by atoms with Crippen molar-refractivity contribution in [1.29, 1.82) is 0 Å². The van der Waals surface area contributed by atoms with Crippen LogP contribution in [-0.2, 0) is 5.41 Å². The Hall–Kier alpha value is -0.830. The second-order valence-electron chi connectivity index (χ2n) is 4.67. The molecule has 0 spiro atoms. The van der Waals surface area contributed by atoms with Crippen molar-refractivity contribution in [3.05, 3.63) is 17.5 Å². The van der Waals surface area contributed by atoms with Crippen LogP contribution in [-0.4, -0.2) is 15.7 Å². The van der Waals surface area contributed by atoms with Crippen LogP contribution in [0.25, 0.3) is 0 Å². The summed E-state index contributed by atoms with van der Waals surface area (Å²) in [6.45, 7) is 2.04. The number of aryl methyl sites for hydroxylation is 1. The highest BCUT2D eigenvalue weighted by Crippen LogP contribution is 2.63. The number of aromatic amines is 1. The summed E-state index contributed by atoms with van der Waals surface area (Å²) in [4.78, 5) is 0.